The van der Waals surface area contributed by atoms with E-state index < -0.39 is 0 Å². The fourth-order valence-corrected chi connectivity index (χ4v) is 5.58. The maximum atomic E-state index is 11.4. The summed E-state index contributed by atoms with van der Waals surface area (Å²) in [5.74, 6) is -0.0418. The van der Waals surface area contributed by atoms with Crippen molar-refractivity contribution in [3.8, 4) is 5.69 Å². The maximum Gasteiger partial charge on any atom is 0.221 e. The third-order valence-electron chi connectivity index (χ3n) is 7.70. The van der Waals surface area contributed by atoms with Gasteiger partial charge in [-0.1, -0.05) is 12.1 Å². The number of carbonyl (C=O) groups excluding carboxylic acids is 1. The van der Waals surface area contributed by atoms with Gasteiger partial charge in [-0.15, -0.1) is 10.2 Å². The molecule has 1 unspecified atom stereocenters. The van der Waals surface area contributed by atoms with Crippen molar-refractivity contribution in [3.63, 3.8) is 0 Å². The van der Waals surface area contributed by atoms with Crippen molar-refractivity contribution in [1.29, 1.82) is 0 Å². The van der Waals surface area contributed by atoms with E-state index in [2.05, 4.69) is 80.8 Å². The Balaban J connectivity index is 1.30. The third-order valence-corrected chi connectivity index (χ3v) is 7.70. The van der Waals surface area contributed by atoms with E-state index in [1.165, 1.54) is 29.4 Å². The zero-order valence-corrected chi connectivity index (χ0v) is 22.0. The second-order valence-corrected chi connectivity index (χ2v) is 10.3. The number of nitrogens with zero attached hydrogens (tertiary/aromatic N) is 5. The van der Waals surface area contributed by atoms with Gasteiger partial charge in [-0.3, -0.25) is 14.3 Å². The van der Waals surface area contributed by atoms with Crippen LogP contribution in [0.2, 0.25) is 0 Å². The average Bonchev–Trinajstić information content (AvgIpc) is 3.57. The molecule has 1 amide bonds. The van der Waals surface area contributed by atoms with Crippen LogP contribution < -0.4 is 5.32 Å². The van der Waals surface area contributed by atoms with Crippen LogP contribution in [0.15, 0.2) is 61.3 Å². The summed E-state index contributed by atoms with van der Waals surface area (Å²) in [5.41, 5.74) is 5.72. The first-order chi connectivity index (χ1) is 18.0. The molecule has 0 radical (unpaired) electrons. The minimum Gasteiger partial charge on any atom is -0.361 e. The molecule has 0 spiro atoms. The fraction of sp³-hybridized carbons (Fsp3) is 0.414. The molecule has 1 aliphatic rings. The van der Waals surface area contributed by atoms with Gasteiger partial charge in [0.1, 0.15) is 12.7 Å². The molecular weight excluding hydrogens is 462 g/mol. The summed E-state index contributed by atoms with van der Waals surface area (Å²) in [5, 5.41) is 12.0. The molecule has 1 saturated heterocycles. The van der Waals surface area contributed by atoms with Crippen LogP contribution in [0.5, 0.6) is 0 Å². The van der Waals surface area contributed by atoms with Gasteiger partial charge in [0.2, 0.25) is 5.91 Å². The van der Waals surface area contributed by atoms with E-state index in [1.54, 1.807) is 19.6 Å². The molecule has 37 heavy (non-hydrogen) atoms. The number of fused-ring (bicyclic) bond motifs is 1. The number of amides is 1. The molecule has 0 aliphatic carbocycles. The molecule has 1 aliphatic heterocycles. The summed E-state index contributed by atoms with van der Waals surface area (Å²) in [6.45, 7) is 7.19. The summed E-state index contributed by atoms with van der Waals surface area (Å²) in [4.78, 5) is 20.0. The predicted octanol–water partition coefficient (Wildman–Crippen LogP) is 4.80. The Morgan fingerprint density at radius 1 is 1.14 bits per heavy atom. The fourth-order valence-electron chi connectivity index (χ4n) is 5.58. The number of piperidine rings is 1. The Bertz CT molecular complexity index is 1300. The Labute approximate surface area is 218 Å². The lowest BCUT2D eigenvalue weighted by Crippen LogP contribution is -2.45. The molecule has 0 bridgehead atoms. The van der Waals surface area contributed by atoms with Gasteiger partial charge in [0.05, 0.1) is 0 Å². The van der Waals surface area contributed by atoms with Crippen LogP contribution in [0, 0.1) is 0 Å². The average molecular weight is 500 g/mol. The van der Waals surface area contributed by atoms with Crippen LogP contribution in [-0.4, -0.2) is 68.2 Å². The first-order valence-corrected chi connectivity index (χ1v) is 13.2. The Morgan fingerprint density at radius 3 is 2.57 bits per heavy atom. The molecule has 2 aromatic heterocycles. The van der Waals surface area contributed by atoms with E-state index in [9.17, 15) is 4.79 Å². The van der Waals surface area contributed by atoms with E-state index >= 15 is 0 Å². The van der Waals surface area contributed by atoms with Gasteiger partial charge in [0, 0.05) is 47.5 Å². The van der Waals surface area contributed by atoms with Crippen molar-refractivity contribution in [2.75, 3.05) is 32.0 Å². The molecule has 3 heterocycles. The number of likely N-dealkylation sites (tertiary alicyclic amines) is 1. The van der Waals surface area contributed by atoms with Gasteiger partial charge in [-0.2, -0.15) is 0 Å². The lowest BCUT2D eigenvalue weighted by Gasteiger charge is -2.41. The molecule has 1 atom stereocenters. The molecule has 194 valence electrons. The molecule has 0 saturated carbocycles. The van der Waals surface area contributed by atoms with Crippen LogP contribution in [0.25, 0.3) is 16.6 Å². The second kappa shape index (κ2) is 11.3. The SMILES string of the molecule is CC(=O)Nc1ccc(C(C)N(CCCc2c[nH]c3ccc(-n4cnnc4)cc23)C2CCN(C)CC2)cc1. The largest absolute Gasteiger partial charge is 0.361 e. The summed E-state index contributed by atoms with van der Waals surface area (Å²) in [6.07, 6.45) is 10.1. The lowest BCUT2D eigenvalue weighted by molar-refractivity contribution is -0.114. The van der Waals surface area contributed by atoms with Crippen molar-refractivity contribution in [2.24, 2.45) is 0 Å². The standard InChI is InChI=1S/C29H37N7O/c1-21(23-6-8-25(9-7-23)33-22(2)37)36(26-12-15-34(3)16-13-26)14-4-5-24-18-30-29-11-10-27(17-28(24)29)35-19-31-32-20-35/h6-11,17-21,26,30H,4-5,12-16H2,1-3H3,(H,33,37). The molecule has 4 aromatic rings. The number of nitrogens with one attached hydrogen (secondary N) is 2. The Morgan fingerprint density at radius 2 is 1.86 bits per heavy atom. The number of H-pyrrole nitrogens is 1. The smallest absolute Gasteiger partial charge is 0.221 e. The number of benzene rings is 2. The van der Waals surface area contributed by atoms with Crippen LogP contribution in [-0.2, 0) is 11.2 Å². The highest BCUT2D eigenvalue weighted by Gasteiger charge is 2.27. The highest BCUT2D eigenvalue weighted by molar-refractivity contribution is 5.88. The minimum absolute atomic E-state index is 0.0418. The molecule has 8 heteroatoms. The van der Waals surface area contributed by atoms with Gasteiger partial charge in [0.25, 0.3) is 0 Å². The number of rotatable bonds is 9. The number of anilines is 1. The molecule has 2 aromatic carbocycles. The first-order valence-electron chi connectivity index (χ1n) is 13.2. The van der Waals surface area contributed by atoms with Crippen molar-refractivity contribution in [2.45, 2.75) is 51.6 Å². The number of aryl methyl sites for hydroxylation is 1. The molecule has 8 nitrogen and oxygen atoms in total. The number of aromatic nitrogens is 4. The monoisotopic (exact) mass is 499 g/mol. The van der Waals surface area contributed by atoms with Crippen molar-refractivity contribution >= 4 is 22.5 Å². The van der Waals surface area contributed by atoms with E-state index in [-0.39, 0.29) is 5.91 Å². The number of aromatic amines is 1. The van der Waals surface area contributed by atoms with Crippen molar-refractivity contribution in [3.05, 3.63) is 72.4 Å². The lowest BCUT2D eigenvalue weighted by atomic mass is 9.97. The summed E-state index contributed by atoms with van der Waals surface area (Å²) < 4.78 is 1.94. The highest BCUT2D eigenvalue weighted by atomic mass is 16.1. The number of carbonyl (C=O) groups is 1. The van der Waals surface area contributed by atoms with Crippen molar-refractivity contribution < 1.29 is 4.79 Å². The van der Waals surface area contributed by atoms with E-state index in [0.29, 0.717) is 12.1 Å². The van der Waals surface area contributed by atoms with Crippen LogP contribution in [0.3, 0.4) is 0 Å². The normalized spacial score (nSPS) is 15.9. The van der Waals surface area contributed by atoms with Gasteiger partial charge in [0.15, 0.2) is 0 Å². The third kappa shape index (κ3) is 5.92. The number of hydrogen-bond acceptors (Lipinski definition) is 5. The highest BCUT2D eigenvalue weighted by Crippen LogP contribution is 2.29. The predicted molar refractivity (Wildman–Crippen MR) is 148 cm³/mol. The zero-order chi connectivity index (χ0) is 25.8. The maximum absolute atomic E-state index is 11.4. The summed E-state index contributed by atoms with van der Waals surface area (Å²) in [7, 11) is 2.22. The zero-order valence-electron chi connectivity index (χ0n) is 22.0. The van der Waals surface area contributed by atoms with Gasteiger partial charge >= 0.3 is 0 Å². The summed E-state index contributed by atoms with van der Waals surface area (Å²) in [6, 6.07) is 15.7. The van der Waals surface area contributed by atoms with E-state index in [0.717, 1.165) is 49.4 Å². The first kappa shape index (κ1) is 25.2. The van der Waals surface area contributed by atoms with Crippen LogP contribution in [0.4, 0.5) is 5.69 Å². The minimum atomic E-state index is -0.0418. The van der Waals surface area contributed by atoms with Crippen LogP contribution in [0.1, 0.15) is 50.3 Å². The Hall–Kier alpha value is -3.49. The van der Waals surface area contributed by atoms with Crippen molar-refractivity contribution in [1.82, 2.24) is 29.5 Å². The summed E-state index contributed by atoms with van der Waals surface area (Å²) >= 11 is 0. The molecular formula is C29H37N7O. The van der Waals surface area contributed by atoms with Gasteiger partial charge < -0.3 is 15.2 Å². The molecule has 2 N–H and O–H groups in total. The second-order valence-electron chi connectivity index (χ2n) is 10.3. The molecule has 1 fully saturated rings. The topological polar surface area (TPSA) is 82.1 Å². The quantitative estimate of drug-likeness (QED) is 0.346. The van der Waals surface area contributed by atoms with Gasteiger partial charge in [-0.25, -0.2) is 0 Å². The Kier molecular flexibility index (Phi) is 7.67. The van der Waals surface area contributed by atoms with Gasteiger partial charge in [-0.05, 0) is 101 Å². The van der Waals surface area contributed by atoms with Crippen LogP contribution >= 0.6 is 0 Å². The van der Waals surface area contributed by atoms with E-state index in [4.69, 9.17) is 0 Å². The van der Waals surface area contributed by atoms with E-state index in [1.807, 2.05) is 16.7 Å². The number of hydrogen-bond donors (Lipinski definition) is 2. The molecule has 5 rings (SSSR count).